The van der Waals surface area contributed by atoms with E-state index in [-0.39, 0.29) is 24.2 Å². The van der Waals surface area contributed by atoms with Crippen LogP contribution in [0.5, 0.6) is 5.75 Å². The van der Waals surface area contributed by atoms with Gasteiger partial charge in [0.15, 0.2) is 11.6 Å². The Morgan fingerprint density at radius 3 is 2.60 bits per heavy atom. The normalized spacial score (nSPS) is 10.1. The first-order valence-corrected chi connectivity index (χ1v) is 4.49. The van der Waals surface area contributed by atoms with Gasteiger partial charge in [0.2, 0.25) is 0 Å². The fourth-order valence-corrected chi connectivity index (χ4v) is 1.03. The number of benzene rings is 1. The lowest BCUT2D eigenvalue weighted by atomic mass is 9.80. The van der Waals surface area contributed by atoms with Crippen LogP contribution in [-0.4, -0.2) is 30.4 Å². The second-order valence-corrected chi connectivity index (χ2v) is 2.95. The van der Waals surface area contributed by atoms with Crippen molar-refractivity contribution in [3.05, 3.63) is 24.0 Å². The number of alkyl halides is 1. The molecule has 0 aliphatic heterocycles. The van der Waals surface area contributed by atoms with Gasteiger partial charge in [-0.3, -0.25) is 4.39 Å². The molecule has 0 amide bonds. The summed E-state index contributed by atoms with van der Waals surface area (Å²) in [6.07, 6.45) is 0.198. The molecule has 0 heterocycles. The molecule has 0 unspecified atom stereocenters. The van der Waals surface area contributed by atoms with Crippen molar-refractivity contribution >= 4 is 12.6 Å². The predicted octanol–water partition coefficient (Wildman–Crippen LogP) is 0.244. The van der Waals surface area contributed by atoms with Crippen LogP contribution in [-0.2, 0) is 0 Å². The third kappa shape index (κ3) is 3.49. The fourth-order valence-electron chi connectivity index (χ4n) is 1.03. The lowest BCUT2D eigenvalue weighted by Gasteiger charge is -2.07. The largest absolute Gasteiger partial charge is 0.490 e. The zero-order valence-electron chi connectivity index (χ0n) is 7.99. The van der Waals surface area contributed by atoms with Crippen LogP contribution in [0, 0.1) is 5.82 Å². The van der Waals surface area contributed by atoms with Gasteiger partial charge < -0.3 is 14.8 Å². The van der Waals surface area contributed by atoms with Crippen LogP contribution in [0.2, 0.25) is 0 Å². The number of hydrogen-bond acceptors (Lipinski definition) is 3. The van der Waals surface area contributed by atoms with Crippen molar-refractivity contribution < 1.29 is 23.6 Å². The molecule has 0 atom stereocenters. The number of rotatable bonds is 5. The third-order valence-corrected chi connectivity index (χ3v) is 1.79. The van der Waals surface area contributed by atoms with E-state index in [0.29, 0.717) is 0 Å². The van der Waals surface area contributed by atoms with Crippen LogP contribution in [0.15, 0.2) is 18.2 Å². The van der Waals surface area contributed by atoms with Gasteiger partial charge >= 0.3 is 7.12 Å². The summed E-state index contributed by atoms with van der Waals surface area (Å²) in [7, 11) is -1.71. The minimum absolute atomic E-state index is 0.0205. The maximum atomic E-state index is 13.2. The highest BCUT2D eigenvalue weighted by molar-refractivity contribution is 6.58. The molecule has 0 saturated heterocycles. The van der Waals surface area contributed by atoms with Gasteiger partial charge in [-0.1, -0.05) is 6.07 Å². The Balaban J connectivity index is 2.66. The van der Waals surface area contributed by atoms with Gasteiger partial charge in [-0.25, -0.2) is 4.39 Å². The van der Waals surface area contributed by atoms with Gasteiger partial charge in [-0.2, -0.15) is 0 Å². The molecule has 0 saturated carbocycles. The van der Waals surface area contributed by atoms with Crippen molar-refractivity contribution in [2.45, 2.75) is 6.42 Å². The van der Waals surface area contributed by atoms with E-state index in [1.54, 1.807) is 0 Å². The van der Waals surface area contributed by atoms with E-state index < -0.39 is 19.6 Å². The number of halogens is 2. The van der Waals surface area contributed by atoms with Crippen molar-refractivity contribution in [3.63, 3.8) is 0 Å². The number of ether oxygens (including phenoxy) is 1. The SMILES string of the molecule is OB(O)c1ccc(OCCCF)c(F)c1. The first-order chi connectivity index (χ1) is 7.15. The smallest absolute Gasteiger partial charge is 0.488 e. The number of hydrogen-bond donors (Lipinski definition) is 2. The molecular weight excluding hydrogens is 205 g/mol. The fraction of sp³-hybridized carbons (Fsp3) is 0.333. The Kier molecular flexibility index (Phi) is 4.52. The second kappa shape index (κ2) is 5.67. The minimum Gasteiger partial charge on any atom is -0.490 e. The summed E-state index contributed by atoms with van der Waals surface area (Å²) in [5.74, 6) is -0.715. The van der Waals surface area contributed by atoms with Crippen LogP contribution < -0.4 is 10.2 Å². The van der Waals surface area contributed by atoms with Crippen LogP contribution in [0.4, 0.5) is 8.78 Å². The van der Waals surface area contributed by atoms with Crippen molar-refractivity contribution in [3.8, 4) is 5.75 Å². The molecule has 0 bridgehead atoms. The molecule has 0 spiro atoms. The maximum absolute atomic E-state index is 13.2. The van der Waals surface area contributed by atoms with E-state index in [9.17, 15) is 8.78 Å². The average molecular weight is 216 g/mol. The molecule has 0 aliphatic carbocycles. The maximum Gasteiger partial charge on any atom is 0.488 e. The minimum atomic E-state index is -1.71. The summed E-state index contributed by atoms with van der Waals surface area (Å²) in [5.41, 5.74) is 0.0466. The van der Waals surface area contributed by atoms with E-state index >= 15 is 0 Å². The summed E-state index contributed by atoms with van der Waals surface area (Å²) < 4.78 is 29.9. The molecule has 0 aromatic heterocycles. The zero-order valence-corrected chi connectivity index (χ0v) is 7.99. The molecule has 15 heavy (non-hydrogen) atoms. The van der Waals surface area contributed by atoms with Gasteiger partial charge in [0, 0.05) is 6.42 Å². The van der Waals surface area contributed by atoms with Gasteiger partial charge in [0.1, 0.15) is 0 Å². The topological polar surface area (TPSA) is 49.7 Å². The summed E-state index contributed by atoms with van der Waals surface area (Å²) in [5, 5.41) is 17.5. The molecule has 3 nitrogen and oxygen atoms in total. The van der Waals surface area contributed by atoms with Crippen LogP contribution >= 0.6 is 0 Å². The zero-order chi connectivity index (χ0) is 11.3. The van der Waals surface area contributed by atoms with Crippen LogP contribution in [0.3, 0.4) is 0 Å². The van der Waals surface area contributed by atoms with Crippen molar-refractivity contribution in [2.24, 2.45) is 0 Å². The van der Waals surface area contributed by atoms with E-state index in [1.807, 2.05) is 0 Å². The predicted molar refractivity (Wildman–Crippen MR) is 52.3 cm³/mol. The van der Waals surface area contributed by atoms with Gasteiger partial charge in [0.25, 0.3) is 0 Å². The standard InChI is InChI=1S/C9H11BF2O3/c11-4-1-5-15-9-3-2-7(10(13)14)6-8(9)12/h2-3,6,13-14H,1,4-5H2. The molecule has 1 aromatic carbocycles. The third-order valence-electron chi connectivity index (χ3n) is 1.79. The Morgan fingerprint density at radius 1 is 1.33 bits per heavy atom. The lowest BCUT2D eigenvalue weighted by Crippen LogP contribution is -2.30. The molecule has 2 N–H and O–H groups in total. The Bertz CT molecular complexity index is 320. The van der Waals surface area contributed by atoms with Crippen LogP contribution in [0.25, 0.3) is 0 Å². The molecule has 82 valence electrons. The molecule has 6 heteroatoms. The molecule has 1 rings (SSSR count). The van der Waals surface area contributed by atoms with Crippen molar-refractivity contribution in [1.82, 2.24) is 0 Å². The van der Waals surface area contributed by atoms with E-state index in [4.69, 9.17) is 14.8 Å². The highest BCUT2D eigenvalue weighted by Gasteiger charge is 2.13. The highest BCUT2D eigenvalue weighted by atomic mass is 19.1. The first kappa shape index (κ1) is 11.9. The van der Waals surface area contributed by atoms with Gasteiger partial charge in [0.05, 0.1) is 13.3 Å². The van der Waals surface area contributed by atoms with E-state index in [1.165, 1.54) is 12.1 Å². The highest BCUT2D eigenvalue weighted by Crippen LogP contribution is 2.14. The van der Waals surface area contributed by atoms with E-state index in [0.717, 1.165) is 6.07 Å². The van der Waals surface area contributed by atoms with Crippen molar-refractivity contribution in [2.75, 3.05) is 13.3 Å². The summed E-state index contributed by atoms with van der Waals surface area (Å²) in [6.45, 7) is -0.427. The van der Waals surface area contributed by atoms with Gasteiger partial charge in [-0.05, 0) is 17.6 Å². The lowest BCUT2D eigenvalue weighted by molar-refractivity contribution is 0.277. The molecule has 0 fully saturated rings. The van der Waals surface area contributed by atoms with Crippen LogP contribution in [0.1, 0.15) is 6.42 Å². The first-order valence-electron chi connectivity index (χ1n) is 4.49. The molecule has 1 aromatic rings. The monoisotopic (exact) mass is 216 g/mol. The van der Waals surface area contributed by atoms with Crippen molar-refractivity contribution in [1.29, 1.82) is 0 Å². The molecular formula is C9H11BF2O3. The Hall–Kier alpha value is -1.14. The summed E-state index contributed by atoms with van der Waals surface area (Å²) >= 11 is 0. The van der Waals surface area contributed by atoms with E-state index in [2.05, 4.69) is 0 Å². The average Bonchev–Trinajstić information content (AvgIpc) is 2.20. The summed E-state index contributed by atoms with van der Waals surface area (Å²) in [6, 6.07) is 3.58. The Labute approximate surface area is 86.5 Å². The molecule has 0 aliphatic rings. The quantitative estimate of drug-likeness (QED) is 0.547. The Morgan fingerprint density at radius 2 is 2.07 bits per heavy atom. The second-order valence-electron chi connectivity index (χ2n) is 2.95. The van der Waals surface area contributed by atoms with Gasteiger partial charge in [-0.15, -0.1) is 0 Å². The summed E-state index contributed by atoms with van der Waals surface area (Å²) in [4.78, 5) is 0. The molecule has 0 radical (unpaired) electrons.